The summed E-state index contributed by atoms with van der Waals surface area (Å²) in [5.74, 6) is -13.5. The molecule has 0 aliphatic heterocycles. The maximum Gasteiger partial charge on any atom is 0.468 e. The average molecular weight is 531 g/mol. The van der Waals surface area contributed by atoms with Crippen LogP contribution in [0.1, 0.15) is 51.4 Å². The molecule has 0 spiro atoms. The van der Waals surface area contributed by atoms with Crippen molar-refractivity contribution in [3.05, 3.63) is 12.7 Å². The highest BCUT2D eigenvalue weighted by Gasteiger charge is 2.68. The van der Waals surface area contributed by atoms with Crippen molar-refractivity contribution < 1.29 is 67.5 Å². The molecule has 1 saturated carbocycles. The molecule has 1 aliphatic rings. The van der Waals surface area contributed by atoms with E-state index in [1.807, 2.05) is 0 Å². The van der Waals surface area contributed by atoms with Crippen LogP contribution in [0.25, 0.3) is 0 Å². The Hall–Kier alpha value is -1.94. The van der Waals surface area contributed by atoms with Crippen molar-refractivity contribution >= 4 is 22.1 Å². The maximum absolute atomic E-state index is 13.8. The second-order valence-corrected chi connectivity index (χ2v) is 8.81. The Morgan fingerprint density at radius 2 is 1.56 bits per heavy atom. The standard InChI is InChI=1S/C18H23F7O8S/c1-2-13(26)33-16(17(21,22)23,14(27)32-12-8-4-3-5-9-12)31-11-7-6-10-15(19,20)18(24,25)34(28,29)30/h2,12H,1,3-11H2,(H,28,29,30)/p-1. The zero-order valence-electron chi connectivity index (χ0n) is 17.5. The van der Waals surface area contributed by atoms with Crippen LogP contribution in [-0.4, -0.2) is 60.8 Å². The van der Waals surface area contributed by atoms with Crippen LogP contribution in [0.5, 0.6) is 0 Å². The van der Waals surface area contributed by atoms with Gasteiger partial charge in [-0.2, -0.15) is 30.7 Å². The van der Waals surface area contributed by atoms with Crippen LogP contribution < -0.4 is 0 Å². The number of ether oxygens (including phenoxy) is 3. The van der Waals surface area contributed by atoms with E-state index in [0.29, 0.717) is 18.9 Å². The second kappa shape index (κ2) is 11.2. The van der Waals surface area contributed by atoms with Crippen molar-refractivity contribution in [2.24, 2.45) is 0 Å². The minimum absolute atomic E-state index is 0.237. The van der Waals surface area contributed by atoms with Gasteiger partial charge in [0.25, 0.3) is 0 Å². The second-order valence-electron chi connectivity index (χ2n) is 7.39. The number of unbranched alkanes of at least 4 members (excludes halogenated alkanes) is 1. The Morgan fingerprint density at radius 3 is 2.03 bits per heavy atom. The number of esters is 2. The van der Waals surface area contributed by atoms with Gasteiger partial charge in [0.1, 0.15) is 6.10 Å². The van der Waals surface area contributed by atoms with E-state index in [-0.39, 0.29) is 12.8 Å². The largest absolute Gasteiger partial charge is 0.743 e. The van der Waals surface area contributed by atoms with Crippen molar-refractivity contribution in [1.82, 2.24) is 0 Å². The Balaban J connectivity index is 2.96. The summed E-state index contributed by atoms with van der Waals surface area (Å²) in [5, 5.41) is -5.96. The van der Waals surface area contributed by atoms with Crippen LogP contribution in [0.2, 0.25) is 0 Å². The van der Waals surface area contributed by atoms with Crippen molar-refractivity contribution in [3.8, 4) is 0 Å². The Bertz CT molecular complexity index is 838. The number of rotatable bonds is 12. The highest BCUT2D eigenvalue weighted by atomic mass is 32.2. The van der Waals surface area contributed by atoms with E-state index in [4.69, 9.17) is 4.74 Å². The van der Waals surface area contributed by atoms with E-state index in [0.717, 1.165) is 6.42 Å². The molecular formula is C18H22F7O8S-. The maximum atomic E-state index is 13.8. The number of halogens is 7. The smallest absolute Gasteiger partial charge is 0.468 e. The van der Waals surface area contributed by atoms with Gasteiger partial charge < -0.3 is 18.8 Å². The predicted octanol–water partition coefficient (Wildman–Crippen LogP) is 3.81. The molecule has 198 valence electrons. The first-order valence-electron chi connectivity index (χ1n) is 9.89. The van der Waals surface area contributed by atoms with Gasteiger partial charge >= 0.3 is 35.1 Å². The molecule has 16 heteroatoms. The molecule has 0 aromatic heterocycles. The SMILES string of the molecule is C=CC(=O)OC(OCCCCC(F)(F)C(F)(F)S(=O)(=O)[O-])(C(=O)OC1CCCCC1)C(F)(F)F. The molecule has 8 nitrogen and oxygen atoms in total. The minimum Gasteiger partial charge on any atom is -0.743 e. The molecule has 1 atom stereocenters. The van der Waals surface area contributed by atoms with Gasteiger partial charge in [-0.05, 0) is 38.5 Å². The summed E-state index contributed by atoms with van der Waals surface area (Å²) >= 11 is 0. The highest BCUT2D eigenvalue weighted by Crippen LogP contribution is 2.42. The first-order chi connectivity index (χ1) is 15.4. The molecule has 0 radical (unpaired) electrons. The van der Waals surface area contributed by atoms with Crippen LogP contribution >= 0.6 is 0 Å². The molecule has 1 fully saturated rings. The van der Waals surface area contributed by atoms with Gasteiger partial charge in [-0.3, -0.25) is 0 Å². The van der Waals surface area contributed by atoms with Crippen LogP contribution in [0.15, 0.2) is 12.7 Å². The lowest BCUT2D eigenvalue weighted by Crippen LogP contribution is -2.58. The number of carbonyl (C=O) groups excluding carboxylic acids is 2. The lowest BCUT2D eigenvalue weighted by Gasteiger charge is -2.34. The third-order valence-electron chi connectivity index (χ3n) is 4.81. The summed E-state index contributed by atoms with van der Waals surface area (Å²) in [6.07, 6.45) is -7.81. The molecule has 1 unspecified atom stereocenters. The van der Waals surface area contributed by atoms with Gasteiger partial charge in [-0.15, -0.1) is 0 Å². The summed E-state index contributed by atoms with van der Waals surface area (Å²) < 4.78 is 139. The molecule has 0 amide bonds. The van der Waals surface area contributed by atoms with E-state index < -0.39 is 77.2 Å². The monoisotopic (exact) mass is 531 g/mol. The van der Waals surface area contributed by atoms with Crippen LogP contribution in [0, 0.1) is 0 Å². The fraction of sp³-hybridized carbons (Fsp3) is 0.778. The average Bonchev–Trinajstić information content (AvgIpc) is 2.71. The summed E-state index contributed by atoms with van der Waals surface area (Å²) in [4.78, 5) is 23.9. The van der Waals surface area contributed by atoms with Gasteiger partial charge in [-0.1, -0.05) is 13.0 Å². The topological polar surface area (TPSA) is 119 Å². The highest BCUT2D eigenvalue weighted by molar-refractivity contribution is 7.86. The summed E-state index contributed by atoms with van der Waals surface area (Å²) in [6.45, 7) is 1.68. The lowest BCUT2D eigenvalue weighted by molar-refractivity contribution is -0.355. The van der Waals surface area contributed by atoms with E-state index >= 15 is 0 Å². The van der Waals surface area contributed by atoms with E-state index in [1.165, 1.54) is 0 Å². The Labute approximate surface area is 190 Å². The number of hydrogen-bond acceptors (Lipinski definition) is 8. The molecule has 0 heterocycles. The summed E-state index contributed by atoms with van der Waals surface area (Å²) in [5.41, 5.74) is 0. The molecule has 0 bridgehead atoms. The van der Waals surface area contributed by atoms with Crippen molar-refractivity contribution in [3.63, 3.8) is 0 Å². The van der Waals surface area contributed by atoms with Crippen molar-refractivity contribution in [1.29, 1.82) is 0 Å². The molecule has 1 rings (SSSR count). The zero-order valence-corrected chi connectivity index (χ0v) is 18.4. The molecule has 34 heavy (non-hydrogen) atoms. The first-order valence-corrected chi connectivity index (χ1v) is 11.3. The van der Waals surface area contributed by atoms with E-state index in [9.17, 15) is 53.3 Å². The minimum atomic E-state index is -6.73. The number of hydrogen-bond donors (Lipinski definition) is 0. The normalized spacial score (nSPS) is 18.1. The van der Waals surface area contributed by atoms with Crippen LogP contribution in [0.4, 0.5) is 30.7 Å². The van der Waals surface area contributed by atoms with E-state index in [1.54, 1.807) is 0 Å². The molecular weight excluding hydrogens is 509 g/mol. The van der Waals surface area contributed by atoms with Gasteiger partial charge in [0.2, 0.25) is 0 Å². The van der Waals surface area contributed by atoms with Gasteiger partial charge in [0.15, 0.2) is 10.1 Å². The summed E-state index contributed by atoms with van der Waals surface area (Å²) in [6, 6.07) is 0. The fourth-order valence-corrected chi connectivity index (χ4v) is 3.44. The molecule has 0 saturated heterocycles. The van der Waals surface area contributed by atoms with E-state index in [2.05, 4.69) is 16.1 Å². The van der Waals surface area contributed by atoms with Crippen LogP contribution in [0.3, 0.4) is 0 Å². The fourth-order valence-electron chi connectivity index (χ4n) is 2.97. The zero-order chi connectivity index (χ0) is 26.4. The quantitative estimate of drug-likeness (QED) is 0.0932. The Morgan fingerprint density at radius 1 is 1.00 bits per heavy atom. The van der Waals surface area contributed by atoms with Crippen molar-refractivity contribution in [2.75, 3.05) is 6.61 Å². The lowest BCUT2D eigenvalue weighted by atomic mass is 9.98. The molecule has 1 aliphatic carbocycles. The third kappa shape index (κ3) is 7.04. The molecule has 0 N–H and O–H groups in total. The molecule has 0 aromatic carbocycles. The van der Waals surface area contributed by atoms with Crippen LogP contribution in [-0.2, 0) is 33.9 Å². The number of carbonyl (C=O) groups is 2. The predicted molar refractivity (Wildman–Crippen MR) is 97.4 cm³/mol. The van der Waals surface area contributed by atoms with Gasteiger partial charge in [0.05, 0.1) is 6.61 Å². The molecule has 0 aromatic rings. The van der Waals surface area contributed by atoms with Gasteiger partial charge in [-0.25, -0.2) is 18.0 Å². The Kier molecular flexibility index (Phi) is 9.91. The third-order valence-corrected chi connectivity index (χ3v) is 5.74. The van der Waals surface area contributed by atoms with Crippen molar-refractivity contribution in [2.45, 2.75) is 80.6 Å². The van der Waals surface area contributed by atoms with Gasteiger partial charge in [0, 0.05) is 12.5 Å². The summed E-state index contributed by atoms with van der Waals surface area (Å²) in [7, 11) is -6.73. The number of alkyl halides is 7. The first kappa shape index (κ1) is 30.1.